The second kappa shape index (κ2) is 5.97. The summed E-state index contributed by atoms with van der Waals surface area (Å²) in [7, 11) is 0. The highest BCUT2D eigenvalue weighted by molar-refractivity contribution is 7.16. The van der Waals surface area contributed by atoms with E-state index in [-0.39, 0.29) is 5.78 Å². The Kier molecular flexibility index (Phi) is 4.32. The smallest absolute Gasteiger partial charge is 0.171 e. The number of nitrogens with zero attached hydrogens (tertiary/aromatic N) is 1. The Bertz CT molecular complexity index is 590. The van der Waals surface area contributed by atoms with E-state index in [4.69, 9.17) is 4.74 Å². The standard InChI is InChI=1S/C13H11NO2S.C2H6/c1-8(15)12-7-14-13(17-12)10-2-3-11-9(6-10)4-5-16-11;1-2/h2-3,6-7H,4-5H2,1H3;1-2H3. The van der Waals surface area contributed by atoms with Crippen molar-refractivity contribution in [2.45, 2.75) is 27.2 Å². The van der Waals surface area contributed by atoms with E-state index >= 15 is 0 Å². The summed E-state index contributed by atoms with van der Waals surface area (Å²) in [5, 5.41) is 0.893. The Morgan fingerprint density at radius 2 is 2.16 bits per heavy atom. The van der Waals surface area contributed by atoms with Crippen molar-refractivity contribution < 1.29 is 9.53 Å². The van der Waals surface area contributed by atoms with Gasteiger partial charge in [-0.05, 0) is 23.8 Å². The Hall–Kier alpha value is -1.68. The molecule has 0 atom stereocenters. The van der Waals surface area contributed by atoms with Crippen molar-refractivity contribution in [1.82, 2.24) is 4.98 Å². The minimum atomic E-state index is 0.0678. The fourth-order valence-corrected chi connectivity index (χ4v) is 2.70. The van der Waals surface area contributed by atoms with Crippen LogP contribution in [-0.2, 0) is 6.42 Å². The average Bonchev–Trinajstić information content (AvgIpc) is 3.09. The molecule has 3 nitrogen and oxygen atoms in total. The van der Waals surface area contributed by atoms with E-state index in [9.17, 15) is 4.79 Å². The summed E-state index contributed by atoms with van der Waals surface area (Å²) < 4.78 is 5.46. The number of Topliss-reactive ketones (excluding diaryl/α,β-unsaturated/α-hetero) is 1. The van der Waals surface area contributed by atoms with E-state index < -0.39 is 0 Å². The van der Waals surface area contributed by atoms with Crippen molar-refractivity contribution in [1.29, 1.82) is 0 Å². The van der Waals surface area contributed by atoms with Crippen molar-refractivity contribution in [3.63, 3.8) is 0 Å². The highest BCUT2D eigenvalue weighted by Gasteiger charge is 2.14. The predicted molar refractivity (Wildman–Crippen MR) is 78.1 cm³/mol. The van der Waals surface area contributed by atoms with Gasteiger partial charge in [0.2, 0.25) is 0 Å². The zero-order chi connectivity index (χ0) is 13.8. The lowest BCUT2D eigenvalue weighted by atomic mass is 10.1. The molecule has 0 radical (unpaired) electrons. The maximum atomic E-state index is 11.2. The maximum absolute atomic E-state index is 11.2. The number of hydrogen-bond acceptors (Lipinski definition) is 4. The fraction of sp³-hybridized carbons (Fsp3) is 0.333. The molecule has 1 aliphatic heterocycles. The van der Waals surface area contributed by atoms with Crippen LogP contribution in [0.3, 0.4) is 0 Å². The first-order chi connectivity index (χ1) is 9.24. The predicted octanol–water partition coefficient (Wildman–Crippen LogP) is 3.97. The van der Waals surface area contributed by atoms with Gasteiger partial charge in [-0.25, -0.2) is 4.98 Å². The summed E-state index contributed by atoms with van der Waals surface area (Å²) in [6, 6.07) is 6.07. The summed E-state index contributed by atoms with van der Waals surface area (Å²) in [6.45, 7) is 6.32. The lowest BCUT2D eigenvalue weighted by molar-refractivity contribution is 0.102. The summed E-state index contributed by atoms with van der Waals surface area (Å²) in [4.78, 5) is 16.2. The molecular formula is C15H17NO2S. The Morgan fingerprint density at radius 3 is 2.84 bits per heavy atom. The molecule has 2 aromatic rings. The summed E-state index contributed by atoms with van der Waals surface area (Å²) in [6.07, 6.45) is 2.60. The lowest BCUT2D eigenvalue weighted by Crippen LogP contribution is -1.85. The summed E-state index contributed by atoms with van der Waals surface area (Å²) in [5.74, 6) is 1.04. The molecule has 0 saturated heterocycles. The minimum absolute atomic E-state index is 0.0678. The van der Waals surface area contributed by atoms with Crippen LogP contribution < -0.4 is 4.74 Å². The molecule has 0 fully saturated rings. The molecule has 0 saturated carbocycles. The molecule has 4 heteroatoms. The van der Waals surface area contributed by atoms with Crippen LogP contribution in [0.2, 0.25) is 0 Å². The number of ketones is 1. The van der Waals surface area contributed by atoms with Gasteiger partial charge in [0.25, 0.3) is 0 Å². The molecule has 0 aliphatic carbocycles. The molecule has 3 rings (SSSR count). The number of carbonyl (C=O) groups excluding carboxylic acids is 1. The zero-order valence-corrected chi connectivity index (χ0v) is 12.2. The number of aromatic nitrogens is 1. The molecule has 1 aromatic heterocycles. The van der Waals surface area contributed by atoms with E-state index in [1.165, 1.54) is 16.9 Å². The van der Waals surface area contributed by atoms with Crippen molar-refractivity contribution >= 4 is 17.1 Å². The van der Waals surface area contributed by atoms with Gasteiger partial charge in [-0.15, -0.1) is 11.3 Å². The van der Waals surface area contributed by atoms with Crippen LogP contribution in [0.15, 0.2) is 24.4 Å². The van der Waals surface area contributed by atoms with Gasteiger partial charge in [0, 0.05) is 25.1 Å². The number of carbonyl (C=O) groups is 1. The third kappa shape index (κ3) is 2.84. The second-order valence-electron chi connectivity index (χ2n) is 4.01. The van der Waals surface area contributed by atoms with E-state index in [1.54, 1.807) is 13.1 Å². The van der Waals surface area contributed by atoms with Crippen LogP contribution in [-0.4, -0.2) is 17.4 Å². The number of hydrogen-bond donors (Lipinski definition) is 0. The number of benzene rings is 1. The van der Waals surface area contributed by atoms with Gasteiger partial charge in [-0.1, -0.05) is 13.8 Å². The van der Waals surface area contributed by atoms with Crippen LogP contribution >= 0.6 is 11.3 Å². The second-order valence-corrected chi connectivity index (χ2v) is 5.04. The zero-order valence-electron chi connectivity index (χ0n) is 11.4. The summed E-state index contributed by atoms with van der Waals surface area (Å²) in [5.41, 5.74) is 2.29. The van der Waals surface area contributed by atoms with Crippen molar-refractivity contribution in [3.05, 3.63) is 34.8 Å². The van der Waals surface area contributed by atoms with Crippen molar-refractivity contribution in [3.8, 4) is 16.3 Å². The van der Waals surface area contributed by atoms with Crippen molar-refractivity contribution in [2.75, 3.05) is 6.61 Å². The van der Waals surface area contributed by atoms with E-state index in [1.807, 2.05) is 26.0 Å². The SMILES string of the molecule is CC.CC(=O)c1cnc(-c2ccc3c(c2)CCO3)s1. The Labute approximate surface area is 117 Å². The minimum Gasteiger partial charge on any atom is -0.493 e. The van der Waals surface area contributed by atoms with E-state index in [0.717, 1.165) is 29.3 Å². The number of fused-ring (bicyclic) bond motifs is 1. The topological polar surface area (TPSA) is 39.2 Å². The van der Waals surface area contributed by atoms with Gasteiger partial charge in [0.05, 0.1) is 11.5 Å². The van der Waals surface area contributed by atoms with Gasteiger partial charge < -0.3 is 4.74 Å². The van der Waals surface area contributed by atoms with Crippen LogP contribution in [0.4, 0.5) is 0 Å². The first kappa shape index (κ1) is 13.7. The van der Waals surface area contributed by atoms with Gasteiger partial charge in [0.1, 0.15) is 10.8 Å². The Balaban J connectivity index is 0.000000637. The van der Waals surface area contributed by atoms with Crippen LogP contribution in [0.5, 0.6) is 5.75 Å². The van der Waals surface area contributed by atoms with Gasteiger partial charge in [-0.2, -0.15) is 0 Å². The molecule has 0 spiro atoms. The quantitative estimate of drug-likeness (QED) is 0.778. The molecule has 0 N–H and O–H groups in total. The molecular weight excluding hydrogens is 258 g/mol. The first-order valence-electron chi connectivity index (χ1n) is 6.47. The largest absolute Gasteiger partial charge is 0.493 e. The van der Waals surface area contributed by atoms with Gasteiger partial charge in [0.15, 0.2) is 5.78 Å². The van der Waals surface area contributed by atoms with E-state index in [0.29, 0.717) is 4.88 Å². The van der Waals surface area contributed by atoms with Crippen LogP contribution in [0.25, 0.3) is 10.6 Å². The Morgan fingerprint density at radius 1 is 1.37 bits per heavy atom. The van der Waals surface area contributed by atoms with Crippen LogP contribution in [0, 0.1) is 0 Å². The molecule has 100 valence electrons. The first-order valence-corrected chi connectivity index (χ1v) is 7.28. The summed E-state index contributed by atoms with van der Waals surface area (Å²) >= 11 is 1.44. The van der Waals surface area contributed by atoms with Crippen LogP contribution in [0.1, 0.15) is 36.0 Å². The monoisotopic (exact) mass is 275 g/mol. The van der Waals surface area contributed by atoms with Gasteiger partial charge in [-0.3, -0.25) is 4.79 Å². The highest BCUT2D eigenvalue weighted by Crippen LogP contribution is 2.32. The molecule has 1 aromatic carbocycles. The molecule has 19 heavy (non-hydrogen) atoms. The average molecular weight is 275 g/mol. The van der Waals surface area contributed by atoms with Gasteiger partial charge >= 0.3 is 0 Å². The number of thiazole rings is 1. The normalized spacial score (nSPS) is 12.2. The third-order valence-electron chi connectivity index (χ3n) is 2.79. The maximum Gasteiger partial charge on any atom is 0.171 e. The molecule has 0 unspecified atom stereocenters. The fourth-order valence-electron chi connectivity index (χ4n) is 1.89. The molecule has 1 aliphatic rings. The molecule has 0 amide bonds. The number of rotatable bonds is 2. The number of ether oxygens (including phenoxy) is 1. The van der Waals surface area contributed by atoms with Crippen molar-refractivity contribution in [2.24, 2.45) is 0 Å². The molecule has 2 heterocycles. The molecule has 0 bridgehead atoms. The van der Waals surface area contributed by atoms with E-state index in [2.05, 4.69) is 11.1 Å². The lowest BCUT2D eigenvalue weighted by Gasteiger charge is -2.00. The highest BCUT2D eigenvalue weighted by atomic mass is 32.1. The third-order valence-corrected chi connectivity index (χ3v) is 3.94.